The van der Waals surface area contributed by atoms with Gasteiger partial charge in [-0.25, -0.2) is 4.39 Å². The Kier molecular flexibility index (Phi) is 4.60. The summed E-state index contributed by atoms with van der Waals surface area (Å²) in [5, 5.41) is 5.17. The number of nitrogens with one attached hydrogen (secondary N) is 2. The van der Waals surface area contributed by atoms with Gasteiger partial charge in [0.25, 0.3) is 0 Å². The van der Waals surface area contributed by atoms with Gasteiger partial charge in [-0.3, -0.25) is 9.59 Å². The molecule has 0 atom stereocenters. The molecule has 0 fully saturated rings. The highest BCUT2D eigenvalue weighted by molar-refractivity contribution is 6.09. The second-order valence-corrected chi connectivity index (χ2v) is 5.35. The first-order chi connectivity index (χ1) is 10.4. The highest BCUT2D eigenvalue weighted by Gasteiger charge is 2.36. The van der Waals surface area contributed by atoms with Crippen LogP contribution < -0.4 is 10.6 Å². The van der Waals surface area contributed by atoms with Gasteiger partial charge in [-0.05, 0) is 44.2 Å². The molecular formula is C16H17FN2O3. The first-order valence-corrected chi connectivity index (χ1v) is 6.77. The second kappa shape index (κ2) is 6.43. The van der Waals surface area contributed by atoms with Crippen LogP contribution in [0.4, 0.5) is 10.1 Å². The Labute approximate surface area is 127 Å². The Morgan fingerprint density at radius 3 is 2.59 bits per heavy atom. The van der Waals surface area contributed by atoms with Crippen LogP contribution in [-0.4, -0.2) is 11.8 Å². The number of halogens is 1. The van der Waals surface area contributed by atoms with E-state index in [4.69, 9.17) is 4.42 Å². The molecule has 2 aromatic rings. The maximum Gasteiger partial charge on any atom is 0.239 e. The first-order valence-electron chi connectivity index (χ1n) is 6.77. The maximum absolute atomic E-state index is 13.1. The molecule has 1 aromatic heterocycles. The molecule has 2 N–H and O–H groups in total. The zero-order valence-corrected chi connectivity index (χ0v) is 12.4. The summed E-state index contributed by atoms with van der Waals surface area (Å²) in [7, 11) is 0. The van der Waals surface area contributed by atoms with E-state index in [1.165, 1.54) is 38.3 Å². The quantitative estimate of drug-likeness (QED) is 0.834. The number of carbonyl (C=O) groups is 2. The molecule has 1 heterocycles. The molecule has 6 heteroatoms. The molecule has 22 heavy (non-hydrogen) atoms. The molecule has 0 spiro atoms. The molecule has 1 aromatic carbocycles. The van der Waals surface area contributed by atoms with Crippen molar-refractivity contribution in [1.82, 2.24) is 5.32 Å². The summed E-state index contributed by atoms with van der Waals surface area (Å²) >= 11 is 0. The lowest BCUT2D eigenvalue weighted by Gasteiger charge is -2.22. The van der Waals surface area contributed by atoms with Crippen molar-refractivity contribution < 1.29 is 18.4 Å². The van der Waals surface area contributed by atoms with Gasteiger partial charge in [0.05, 0.1) is 12.8 Å². The topological polar surface area (TPSA) is 71.3 Å². The van der Waals surface area contributed by atoms with Crippen LogP contribution in [0.1, 0.15) is 19.6 Å². The zero-order chi connectivity index (χ0) is 16.2. The van der Waals surface area contributed by atoms with Crippen LogP contribution in [0, 0.1) is 11.2 Å². The highest BCUT2D eigenvalue weighted by atomic mass is 19.1. The number of rotatable bonds is 5. The van der Waals surface area contributed by atoms with Gasteiger partial charge in [-0.1, -0.05) is 6.07 Å². The number of amides is 2. The number of benzene rings is 1. The highest BCUT2D eigenvalue weighted by Crippen LogP contribution is 2.20. The van der Waals surface area contributed by atoms with E-state index in [9.17, 15) is 14.0 Å². The molecule has 0 bridgehead atoms. The minimum atomic E-state index is -1.31. The third-order valence-electron chi connectivity index (χ3n) is 3.22. The Balaban J connectivity index is 1.98. The summed E-state index contributed by atoms with van der Waals surface area (Å²) in [5.41, 5.74) is -1.00. The summed E-state index contributed by atoms with van der Waals surface area (Å²) in [5.74, 6) is -0.833. The van der Waals surface area contributed by atoms with Gasteiger partial charge >= 0.3 is 0 Å². The fraction of sp³-hybridized carbons (Fsp3) is 0.250. The standard InChI is InChI=1S/C16H17FN2O3/c1-16(2,14(20)18-10-13-7-4-8-22-13)15(21)19-12-6-3-5-11(17)9-12/h3-9H,10H2,1-2H3,(H,18,20)(H,19,21). The average molecular weight is 304 g/mol. The van der Waals surface area contributed by atoms with Crippen molar-refractivity contribution in [3.05, 3.63) is 54.2 Å². The molecule has 0 aliphatic heterocycles. The number of hydrogen-bond donors (Lipinski definition) is 2. The van der Waals surface area contributed by atoms with E-state index >= 15 is 0 Å². The van der Waals surface area contributed by atoms with Crippen LogP contribution in [-0.2, 0) is 16.1 Å². The molecule has 0 aliphatic carbocycles. The van der Waals surface area contributed by atoms with E-state index in [1.807, 2.05) is 0 Å². The first kappa shape index (κ1) is 15.8. The average Bonchev–Trinajstić information content (AvgIpc) is 2.97. The van der Waals surface area contributed by atoms with E-state index in [0.29, 0.717) is 11.4 Å². The Bertz CT molecular complexity index is 666. The largest absolute Gasteiger partial charge is 0.467 e. The Morgan fingerprint density at radius 2 is 1.95 bits per heavy atom. The minimum absolute atomic E-state index is 0.197. The Morgan fingerprint density at radius 1 is 1.18 bits per heavy atom. The predicted octanol–water partition coefficient (Wildman–Crippen LogP) is 2.70. The lowest BCUT2D eigenvalue weighted by atomic mass is 9.91. The van der Waals surface area contributed by atoms with Crippen molar-refractivity contribution in [1.29, 1.82) is 0 Å². The number of anilines is 1. The van der Waals surface area contributed by atoms with Crippen LogP contribution >= 0.6 is 0 Å². The van der Waals surface area contributed by atoms with Crippen molar-refractivity contribution in [2.24, 2.45) is 5.41 Å². The van der Waals surface area contributed by atoms with Crippen molar-refractivity contribution in [2.45, 2.75) is 20.4 Å². The van der Waals surface area contributed by atoms with Gasteiger partial charge in [-0.15, -0.1) is 0 Å². The van der Waals surface area contributed by atoms with Gasteiger partial charge in [0.15, 0.2) is 0 Å². The molecule has 0 saturated carbocycles. The molecular weight excluding hydrogens is 287 g/mol. The molecule has 5 nitrogen and oxygen atoms in total. The van der Waals surface area contributed by atoms with Crippen molar-refractivity contribution in [2.75, 3.05) is 5.32 Å². The molecule has 0 saturated heterocycles. The van der Waals surface area contributed by atoms with Crippen molar-refractivity contribution in [3.63, 3.8) is 0 Å². The monoisotopic (exact) mass is 304 g/mol. The summed E-state index contributed by atoms with van der Waals surface area (Å²) < 4.78 is 18.2. The lowest BCUT2D eigenvalue weighted by Crippen LogP contribution is -2.44. The summed E-state index contributed by atoms with van der Waals surface area (Å²) in [6.45, 7) is 3.20. The van der Waals surface area contributed by atoms with E-state index in [1.54, 1.807) is 18.2 Å². The molecule has 2 amide bonds. The molecule has 2 rings (SSSR count). The maximum atomic E-state index is 13.1. The van der Waals surface area contributed by atoms with Crippen LogP contribution in [0.25, 0.3) is 0 Å². The van der Waals surface area contributed by atoms with E-state index in [2.05, 4.69) is 10.6 Å². The Hall–Kier alpha value is -2.63. The minimum Gasteiger partial charge on any atom is -0.467 e. The van der Waals surface area contributed by atoms with E-state index < -0.39 is 23.0 Å². The molecule has 116 valence electrons. The third kappa shape index (κ3) is 3.72. The van der Waals surface area contributed by atoms with Crippen LogP contribution in [0.3, 0.4) is 0 Å². The number of hydrogen-bond acceptors (Lipinski definition) is 3. The summed E-state index contributed by atoms with van der Waals surface area (Å²) in [6.07, 6.45) is 1.50. The van der Waals surface area contributed by atoms with E-state index in [0.717, 1.165) is 0 Å². The zero-order valence-electron chi connectivity index (χ0n) is 12.4. The SMILES string of the molecule is CC(C)(C(=O)NCc1ccco1)C(=O)Nc1cccc(F)c1. The van der Waals surface area contributed by atoms with Gasteiger partial charge < -0.3 is 15.1 Å². The summed E-state index contributed by atoms with van der Waals surface area (Å²) in [4.78, 5) is 24.4. The van der Waals surface area contributed by atoms with Gasteiger partial charge in [-0.2, -0.15) is 0 Å². The third-order valence-corrected chi connectivity index (χ3v) is 3.22. The normalized spacial score (nSPS) is 11.0. The van der Waals surface area contributed by atoms with Gasteiger partial charge in [0.2, 0.25) is 11.8 Å². The fourth-order valence-corrected chi connectivity index (χ4v) is 1.76. The van der Waals surface area contributed by atoms with Crippen molar-refractivity contribution >= 4 is 17.5 Å². The summed E-state index contributed by atoms with van der Waals surface area (Å²) in [6, 6.07) is 8.93. The number of furan rings is 1. The number of carbonyl (C=O) groups excluding carboxylic acids is 2. The molecule has 0 aliphatic rings. The van der Waals surface area contributed by atoms with Crippen molar-refractivity contribution in [3.8, 4) is 0 Å². The van der Waals surface area contributed by atoms with E-state index in [-0.39, 0.29) is 6.54 Å². The van der Waals surface area contributed by atoms with Crippen LogP contribution in [0.15, 0.2) is 47.1 Å². The van der Waals surface area contributed by atoms with Gasteiger partial charge in [0.1, 0.15) is 17.0 Å². The lowest BCUT2D eigenvalue weighted by molar-refractivity contribution is -0.138. The predicted molar refractivity (Wildman–Crippen MR) is 79.4 cm³/mol. The van der Waals surface area contributed by atoms with Crippen LogP contribution in [0.5, 0.6) is 0 Å². The van der Waals surface area contributed by atoms with Crippen LogP contribution in [0.2, 0.25) is 0 Å². The molecule has 0 radical (unpaired) electrons. The molecule has 0 unspecified atom stereocenters. The smallest absolute Gasteiger partial charge is 0.239 e. The van der Waals surface area contributed by atoms with Gasteiger partial charge in [0, 0.05) is 5.69 Å². The fourth-order valence-electron chi connectivity index (χ4n) is 1.76. The second-order valence-electron chi connectivity index (χ2n) is 5.35.